The maximum Gasteiger partial charge on any atom is 0.253 e. The third-order valence-electron chi connectivity index (χ3n) is 7.77. The Morgan fingerprint density at radius 1 is 1.07 bits per heavy atom. The van der Waals surface area contributed by atoms with Crippen LogP contribution in [0.3, 0.4) is 0 Å². The Kier molecular flexibility index (Phi) is 7.27. The highest BCUT2D eigenvalue weighted by Gasteiger charge is 2.33. The highest BCUT2D eigenvalue weighted by Crippen LogP contribution is 2.34. The number of hydrogen-bond donors (Lipinski definition) is 2. The van der Waals surface area contributed by atoms with Crippen LogP contribution in [0.15, 0.2) is 47.3 Å². The molecule has 0 unspecified atom stereocenters. The number of benzene rings is 2. The quantitative estimate of drug-likeness (QED) is 0.339. The Bertz CT molecular complexity index is 1520. The number of nitrogens with zero attached hydrogens (tertiary/aromatic N) is 6. The zero-order chi connectivity index (χ0) is 27.6. The van der Waals surface area contributed by atoms with Crippen LogP contribution in [0.1, 0.15) is 30.3 Å². The first kappa shape index (κ1) is 26.1. The molecule has 2 aliphatic rings. The van der Waals surface area contributed by atoms with Crippen LogP contribution >= 0.6 is 0 Å². The van der Waals surface area contributed by atoms with E-state index in [1.807, 2.05) is 24.3 Å². The van der Waals surface area contributed by atoms with Crippen LogP contribution in [0, 0.1) is 0 Å². The summed E-state index contributed by atoms with van der Waals surface area (Å²) in [5.41, 5.74) is 2.04. The molecule has 2 N–H and O–H groups in total. The Morgan fingerprint density at radius 2 is 1.82 bits per heavy atom. The molecule has 12 nitrogen and oxygen atoms in total. The van der Waals surface area contributed by atoms with Crippen molar-refractivity contribution in [2.75, 3.05) is 51.9 Å². The molecular formula is C28H33N7O5. The van der Waals surface area contributed by atoms with E-state index in [2.05, 4.69) is 30.3 Å². The molecule has 40 heavy (non-hydrogen) atoms. The number of nitrogens with one attached hydrogen (secondary N) is 1. The number of rotatable bonds is 8. The van der Waals surface area contributed by atoms with Gasteiger partial charge in [0.1, 0.15) is 11.8 Å². The third kappa shape index (κ3) is 5.07. The zero-order valence-corrected chi connectivity index (χ0v) is 22.6. The van der Waals surface area contributed by atoms with E-state index in [0.29, 0.717) is 48.0 Å². The Hall–Kier alpha value is -4.16. The summed E-state index contributed by atoms with van der Waals surface area (Å²) in [5, 5.41) is 23.3. The van der Waals surface area contributed by atoms with Gasteiger partial charge in [-0.05, 0) is 59.7 Å². The van der Waals surface area contributed by atoms with E-state index in [4.69, 9.17) is 14.2 Å². The van der Waals surface area contributed by atoms with E-state index < -0.39 is 6.04 Å². The van der Waals surface area contributed by atoms with Gasteiger partial charge in [0.2, 0.25) is 0 Å². The van der Waals surface area contributed by atoms with Crippen LogP contribution in [-0.2, 0) is 11.3 Å². The van der Waals surface area contributed by atoms with Crippen molar-refractivity contribution in [3.8, 4) is 17.2 Å². The number of hydrogen-bond acceptors (Lipinski definition) is 10. The van der Waals surface area contributed by atoms with Crippen molar-refractivity contribution in [2.45, 2.75) is 31.5 Å². The number of aromatic nitrogens is 5. The number of pyridine rings is 1. The standard InChI is InChI=1S/C28H33N7O5/c1-38-24-15-18-14-22(28(37)29-23(18)16-25(24)39-2)26(27-30-31-32-35(27)17-21-4-3-13-40-21)34-11-9-33(10-12-34)19-5-7-20(36)8-6-19/h5-8,14-16,21,26,36H,3-4,9-13,17H2,1-2H3,(H,29,37)/t21-,26+/m1/s1. The molecule has 0 radical (unpaired) electrons. The highest BCUT2D eigenvalue weighted by molar-refractivity contribution is 5.83. The molecule has 4 heterocycles. The molecule has 2 aliphatic heterocycles. The number of H-pyrrole nitrogens is 1. The van der Waals surface area contributed by atoms with Crippen LogP contribution in [0.25, 0.3) is 10.9 Å². The number of piperazine rings is 1. The normalized spacial score (nSPS) is 18.8. The maximum atomic E-state index is 13.6. The van der Waals surface area contributed by atoms with Crippen LogP contribution < -0.4 is 19.9 Å². The number of fused-ring (bicyclic) bond motifs is 1. The molecule has 0 spiro atoms. The van der Waals surface area contributed by atoms with Crippen LogP contribution in [0.2, 0.25) is 0 Å². The number of phenolic OH excluding ortho intramolecular Hbond substituents is 1. The van der Waals surface area contributed by atoms with E-state index in [1.165, 1.54) is 0 Å². The molecule has 0 bridgehead atoms. The van der Waals surface area contributed by atoms with Crippen molar-refractivity contribution in [1.82, 2.24) is 30.1 Å². The molecule has 2 aromatic carbocycles. The van der Waals surface area contributed by atoms with E-state index in [-0.39, 0.29) is 17.4 Å². The average Bonchev–Trinajstić information content (AvgIpc) is 3.66. The summed E-state index contributed by atoms with van der Waals surface area (Å²) in [6.07, 6.45) is 2.01. The summed E-state index contributed by atoms with van der Waals surface area (Å²) in [5.74, 6) is 1.97. The zero-order valence-electron chi connectivity index (χ0n) is 22.6. The van der Waals surface area contributed by atoms with Gasteiger partial charge in [-0.15, -0.1) is 5.10 Å². The van der Waals surface area contributed by atoms with Crippen molar-refractivity contribution >= 4 is 16.6 Å². The lowest BCUT2D eigenvalue weighted by molar-refractivity contribution is 0.0906. The van der Waals surface area contributed by atoms with Gasteiger partial charge in [-0.25, -0.2) is 4.68 Å². The second-order valence-electron chi connectivity index (χ2n) is 10.1. The SMILES string of the molecule is COc1cc2cc([C@@H](c3nnnn3C[C@H]3CCCO3)N3CCN(c4ccc(O)cc4)CC3)c(=O)[nH]c2cc1OC. The predicted octanol–water partition coefficient (Wildman–Crippen LogP) is 2.33. The topological polar surface area (TPSA) is 131 Å². The largest absolute Gasteiger partial charge is 0.508 e. The van der Waals surface area contributed by atoms with Crippen molar-refractivity contribution in [3.05, 3.63) is 64.2 Å². The number of tetrazole rings is 1. The van der Waals surface area contributed by atoms with Gasteiger partial charge >= 0.3 is 0 Å². The number of methoxy groups -OCH3 is 2. The Morgan fingerprint density at radius 3 is 2.52 bits per heavy atom. The monoisotopic (exact) mass is 547 g/mol. The number of anilines is 1. The van der Waals surface area contributed by atoms with Gasteiger partial charge in [-0.1, -0.05) is 0 Å². The molecule has 0 saturated carbocycles. The van der Waals surface area contributed by atoms with E-state index in [0.717, 1.165) is 43.6 Å². The third-order valence-corrected chi connectivity index (χ3v) is 7.77. The molecule has 0 aliphatic carbocycles. The van der Waals surface area contributed by atoms with Crippen LogP contribution in [0.5, 0.6) is 17.2 Å². The van der Waals surface area contributed by atoms with Crippen molar-refractivity contribution in [1.29, 1.82) is 0 Å². The molecule has 2 fully saturated rings. The molecule has 12 heteroatoms. The van der Waals surface area contributed by atoms with Gasteiger partial charge in [0.25, 0.3) is 5.56 Å². The van der Waals surface area contributed by atoms with Crippen molar-refractivity contribution in [2.24, 2.45) is 0 Å². The fourth-order valence-corrected chi connectivity index (χ4v) is 5.67. The van der Waals surface area contributed by atoms with Gasteiger partial charge in [-0.3, -0.25) is 9.69 Å². The minimum absolute atomic E-state index is 0.0425. The smallest absolute Gasteiger partial charge is 0.253 e. The highest BCUT2D eigenvalue weighted by atomic mass is 16.5. The second kappa shape index (κ2) is 11.1. The lowest BCUT2D eigenvalue weighted by atomic mass is 10.0. The summed E-state index contributed by atoms with van der Waals surface area (Å²) in [7, 11) is 3.16. The maximum absolute atomic E-state index is 13.6. The Balaban J connectivity index is 1.38. The summed E-state index contributed by atoms with van der Waals surface area (Å²) < 4.78 is 18.6. The lowest BCUT2D eigenvalue weighted by Crippen LogP contribution is -2.49. The van der Waals surface area contributed by atoms with E-state index >= 15 is 0 Å². The summed E-state index contributed by atoms with van der Waals surface area (Å²) in [6, 6.07) is 12.3. The minimum Gasteiger partial charge on any atom is -0.508 e. The van der Waals surface area contributed by atoms with Gasteiger partial charge in [0.15, 0.2) is 17.3 Å². The molecule has 2 aromatic heterocycles. The average molecular weight is 548 g/mol. The molecule has 4 aromatic rings. The molecule has 2 atom stereocenters. The first-order valence-corrected chi connectivity index (χ1v) is 13.5. The van der Waals surface area contributed by atoms with E-state index in [9.17, 15) is 9.90 Å². The number of ether oxygens (including phenoxy) is 3. The van der Waals surface area contributed by atoms with Crippen molar-refractivity contribution < 1.29 is 19.3 Å². The second-order valence-corrected chi connectivity index (χ2v) is 10.1. The first-order chi connectivity index (χ1) is 19.5. The molecular weight excluding hydrogens is 514 g/mol. The van der Waals surface area contributed by atoms with Gasteiger partial charge in [-0.2, -0.15) is 0 Å². The number of aromatic amines is 1. The molecule has 6 rings (SSSR count). The molecule has 0 amide bonds. The fraction of sp³-hybridized carbons (Fsp3) is 0.429. The Labute approximate surface area is 231 Å². The number of phenols is 1. The van der Waals surface area contributed by atoms with E-state index in [1.54, 1.807) is 37.1 Å². The molecule has 210 valence electrons. The lowest BCUT2D eigenvalue weighted by Gasteiger charge is -2.39. The van der Waals surface area contributed by atoms with Crippen LogP contribution in [-0.4, -0.2) is 88.3 Å². The number of aromatic hydroxyl groups is 1. The summed E-state index contributed by atoms with van der Waals surface area (Å²) in [4.78, 5) is 21.2. The summed E-state index contributed by atoms with van der Waals surface area (Å²) in [6.45, 7) is 4.11. The predicted molar refractivity (Wildman–Crippen MR) is 148 cm³/mol. The van der Waals surface area contributed by atoms with Crippen LogP contribution in [0.4, 0.5) is 5.69 Å². The van der Waals surface area contributed by atoms with Crippen molar-refractivity contribution in [3.63, 3.8) is 0 Å². The first-order valence-electron chi connectivity index (χ1n) is 13.5. The fourth-order valence-electron chi connectivity index (χ4n) is 5.67. The minimum atomic E-state index is -0.473. The van der Waals surface area contributed by atoms with Gasteiger partial charge < -0.3 is 29.2 Å². The molecule has 2 saturated heterocycles. The van der Waals surface area contributed by atoms with Gasteiger partial charge in [0.05, 0.1) is 32.4 Å². The summed E-state index contributed by atoms with van der Waals surface area (Å²) >= 11 is 0. The van der Waals surface area contributed by atoms with Gasteiger partial charge in [0, 0.05) is 55.5 Å².